The summed E-state index contributed by atoms with van der Waals surface area (Å²) in [5.74, 6) is 1.21. The minimum absolute atomic E-state index is 0.222. The third kappa shape index (κ3) is 5.14. The van der Waals surface area contributed by atoms with Crippen molar-refractivity contribution in [1.29, 1.82) is 0 Å². The van der Waals surface area contributed by atoms with Gasteiger partial charge in [0.15, 0.2) is 0 Å². The maximum atomic E-state index is 12.0. The monoisotopic (exact) mass is 375 g/mol. The Bertz CT molecular complexity index is 713. The van der Waals surface area contributed by atoms with Crippen LogP contribution in [0, 0.1) is 0 Å². The predicted octanol–water partition coefficient (Wildman–Crippen LogP) is 4.51. The largest absolute Gasteiger partial charge is 0.497 e. The first-order chi connectivity index (χ1) is 11.1. The summed E-state index contributed by atoms with van der Waals surface area (Å²) in [4.78, 5) is 12.0. The van der Waals surface area contributed by atoms with E-state index in [9.17, 15) is 4.79 Å². The Morgan fingerprint density at radius 3 is 2.83 bits per heavy atom. The van der Waals surface area contributed by atoms with Crippen LogP contribution < -0.4 is 14.8 Å². The van der Waals surface area contributed by atoms with Gasteiger partial charge in [-0.2, -0.15) is 0 Å². The minimum atomic E-state index is -0.222. The highest BCUT2D eigenvalue weighted by atomic mass is 79.9. The molecular weight excluding hydrogens is 358 g/mol. The summed E-state index contributed by atoms with van der Waals surface area (Å²) in [5, 5.41) is 2.79. The van der Waals surface area contributed by atoms with E-state index in [0.29, 0.717) is 18.0 Å². The van der Waals surface area contributed by atoms with Crippen LogP contribution in [0.25, 0.3) is 6.08 Å². The molecule has 120 valence electrons. The first kappa shape index (κ1) is 17.1. The van der Waals surface area contributed by atoms with E-state index in [-0.39, 0.29) is 5.91 Å². The number of carbonyl (C=O) groups is 1. The Balaban J connectivity index is 2.10. The Morgan fingerprint density at radius 1 is 1.26 bits per heavy atom. The molecule has 0 atom stereocenters. The topological polar surface area (TPSA) is 47.6 Å². The molecule has 0 aromatic heterocycles. The van der Waals surface area contributed by atoms with Crippen LogP contribution in [0.3, 0.4) is 0 Å². The Hall–Kier alpha value is -2.27. The van der Waals surface area contributed by atoms with Crippen LogP contribution in [-0.2, 0) is 4.79 Å². The van der Waals surface area contributed by atoms with Gasteiger partial charge in [-0.15, -0.1) is 0 Å². The second-order valence-electron chi connectivity index (χ2n) is 4.67. The molecule has 2 rings (SSSR count). The second-order valence-corrected chi connectivity index (χ2v) is 5.59. The van der Waals surface area contributed by atoms with Gasteiger partial charge in [0, 0.05) is 27.9 Å². The average molecular weight is 376 g/mol. The van der Waals surface area contributed by atoms with Crippen LogP contribution in [0.5, 0.6) is 11.5 Å². The zero-order chi connectivity index (χ0) is 16.7. The number of carbonyl (C=O) groups excluding carboxylic acids is 1. The minimum Gasteiger partial charge on any atom is -0.497 e. The van der Waals surface area contributed by atoms with Crippen LogP contribution in [0.1, 0.15) is 12.5 Å². The summed E-state index contributed by atoms with van der Waals surface area (Å²) in [5.41, 5.74) is 1.51. The highest BCUT2D eigenvalue weighted by molar-refractivity contribution is 9.10. The molecule has 0 saturated heterocycles. The van der Waals surface area contributed by atoms with E-state index in [1.807, 2.05) is 37.3 Å². The molecule has 0 saturated carbocycles. The van der Waals surface area contributed by atoms with Gasteiger partial charge in [-0.1, -0.05) is 22.0 Å². The lowest BCUT2D eigenvalue weighted by Crippen LogP contribution is -2.07. The number of amides is 1. The number of hydrogen-bond acceptors (Lipinski definition) is 3. The van der Waals surface area contributed by atoms with E-state index >= 15 is 0 Å². The lowest BCUT2D eigenvalue weighted by Gasteiger charge is -2.08. The fourth-order valence-corrected chi connectivity index (χ4v) is 2.37. The molecule has 2 aromatic rings. The van der Waals surface area contributed by atoms with E-state index in [1.54, 1.807) is 25.3 Å². The standard InChI is InChI=1S/C18H18BrNO3/c1-3-23-17-9-8-14(19)11-13(17)7-10-18(21)20-15-5-4-6-16(12-15)22-2/h4-12H,3H2,1-2H3,(H,20,21). The third-order valence-electron chi connectivity index (χ3n) is 3.02. The zero-order valence-electron chi connectivity index (χ0n) is 13.0. The van der Waals surface area contributed by atoms with Gasteiger partial charge < -0.3 is 14.8 Å². The van der Waals surface area contributed by atoms with Gasteiger partial charge in [0.1, 0.15) is 11.5 Å². The molecule has 1 N–H and O–H groups in total. The number of nitrogens with one attached hydrogen (secondary N) is 1. The van der Waals surface area contributed by atoms with Crippen molar-refractivity contribution >= 4 is 33.6 Å². The number of halogens is 1. The summed E-state index contributed by atoms with van der Waals surface area (Å²) in [7, 11) is 1.59. The van der Waals surface area contributed by atoms with Crippen LogP contribution in [-0.4, -0.2) is 19.6 Å². The van der Waals surface area contributed by atoms with Gasteiger partial charge in [-0.25, -0.2) is 0 Å². The SMILES string of the molecule is CCOc1ccc(Br)cc1C=CC(=O)Nc1cccc(OC)c1. The molecule has 23 heavy (non-hydrogen) atoms. The molecule has 5 heteroatoms. The molecule has 0 aliphatic carbocycles. The molecule has 0 spiro atoms. The van der Waals surface area contributed by atoms with Crippen molar-refractivity contribution in [2.75, 3.05) is 19.0 Å². The smallest absolute Gasteiger partial charge is 0.248 e. The molecule has 1 amide bonds. The molecule has 0 unspecified atom stereocenters. The average Bonchev–Trinajstić information content (AvgIpc) is 2.55. The van der Waals surface area contributed by atoms with Crippen LogP contribution in [0.4, 0.5) is 5.69 Å². The maximum Gasteiger partial charge on any atom is 0.248 e. The molecule has 0 heterocycles. The third-order valence-corrected chi connectivity index (χ3v) is 3.52. The highest BCUT2D eigenvalue weighted by Gasteiger charge is 2.03. The van der Waals surface area contributed by atoms with Crippen molar-refractivity contribution in [1.82, 2.24) is 0 Å². The summed E-state index contributed by atoms with van der Waals surface area (Å²) >= 11 is 3.42. The van der Waals surface area contributed by atoms with Gasteiger partial charge in [-0.3, -0.25) is 4.79 Å². The predicted molar refractivity (Wildman–Crippen MR) is 96.0 cm³/mol. The van der Waals surface area contributed by atoms with Crippen LogP contribution in [0.15, 0.2) is 53.0 Å². The first-order valence-corrected chi connectivity index (χ1v) is 7.97. The fraction of sp³-hybridized carbons (Fsp3) is 0.167. The number of rotatable bonds is 6. The normalized spacial score (nSPS) is 10.6. The van der Waals surface area contributed by atoms with Crippen molar-refractivity contribution in [2.24, 2.45) is 0 Å². The van der Waals surface area contributed by atoms with E-state index in [2.05, 4.69) is 21.2 Å². The Kier molecular flexibility index (Phi) is 6.23. The quantitative estimate of drug-likeness (QED) is 0.755. The van der Waals surface area contributed by atoms with Gasteiger partial charge in [0.25, 0.3) is 0 Å². The molecule has 0 fully saturated rings. The molecule has 4 nitrogen and oxygen atoms in total. The van der Waals surface area contributed by atoms with Crippen molar-refractivity contribution in [2.45, 2.75) is 6.92 Å². The molecular formula is C18H18BrNO3. The molecule has 2 aromatic carbocycles. The van der Waals surface area contributed by atoms with Gasteiger partial charge in [-0.05, 0) is 43.3 Å². The number of methoxy groups -OCH3 is 1. The summed E-state index contributed by atoms with van der Waals surface area (Å²) < 4.78 is 11.6. The van der Waals surface area contributed by atoms with Gasteiger partial charge in [0.05, 0.1) is 13.7 Å². The van der Waals surface area contributed by atoms with E-state index in [0.717, 1.165) is 15.8 Å². The Labute approximate surface area is 144 Å². The van der Waals surface area contributed by atoms with E-state index in [4.69, 9.17) is 9.47 Å². The van der Waals surface area contributed by atoms with Gasteiger partial charge >= 0.3 is 0 Å². The molecule has 0 aliphatic rings. The summed E-state index contributed by atoms with van der Waals surface area (Å²) in [6, 6.07) is 12.9. The Morgan fingerprint density at radius 2 is 2.09 bits per heavy atom. The van der Waals surface area contributed by atoms with Crippen LogP contribution in [0.2, 0.25) is 0 Å². The lowest BCUT2D eigenvalue weighted by atomic mass is 10.2. The zero-order valence-corrected chi connectivity index (χ0v) is 14.6. The molecule has 0 aliphatic heterocycles. The number of ether oxygens (including phenoxy) is 2. The number of hydrogen-bond donors (Lipinski definition) is 1. The van der Waals surface area contributed by atoms with Gasteiger partial charge in [0.2, 0.25) is 5.91 Å². The maximum absolute atomic E-state index is 12.0. The molecule has 0 radical (unpaired) electrons. The second kappa shape index (κ2) is 8.39. The summed E-state index contributed by atoms with van der Waals surface area (Å²) in [6.45, 7) is 2.49. The van der Waals surface area contributed by atoms with E-state index in [1.165, 1.54) is 6.08 Å². The van der Waals surface area contributed by atoms with Crippen molar-refractivity contribution in [3.63, 3.8) is 0 Å². The van der Waals surface area contributed by atoms with Crippen LogP contribution >= 0.6 is 15.9 Å². The molecule has 0 bridgehead atoms. The number of anilines is 1. The number of benzene rings is 2. The van der Waals surface area contributed by atoms with Crippen molar-refractivity contribution < 1.29 is 14.3 Å². The summed E-state index contributed by atoms with van der Waals surface area (Å²) in [6.07, 6.45) is 3.20. The van der Waals surface area contributed by atoms with E-state index < -0.39 is 0 Å². The highest BCUT2D eigenvalue weighted by Crippen LogP contribution is 2.24. The van der Waals surface area contributed by atoms with Crippen molar-refractivity contribution in [3.8, 4) is 11.5 Å². The fourth-order valence-electron chi connectivity index (χ4n) is 1.99. The van der Waals surface area contributed by atoms with Crippen molar-refractivity contribution in [3.05, 3.63) is 58.6 Å². The first-order valence-electron chi connectivity index (χ1n) is 7.18. The lowest BCUT2D eigenvalue weighted by molar-refractivity contribution is -0.111.